The lowest BCUT2D eigenvalue weighted by molar-refractivity contribution is -0.161. The van der Waals surface area contributed by atoms with Crippen LogP contribution >= 0.6 is 15.6 Å². The van der Waals surface area contributed by atoms with Crippen LogP contribution in [-0.4, -0.2) is 96.7 Å². The van der Waals surface area contributed by atoms with E-state index in [9.17, 15) is 43.2 Å². The zero-order valence-electron chi connectivity index (χ0n) is 57.0. The van der Waals surface area contributed by atoms with Gasteiger partial charge in [-0.1, -0.05) is 298 Å². The molecule has 0 aliphatic heterocycles. The second kappa shape index (κ2) is 61.3. The Kier molecular flexibility index (Phi) is 59.9. The maximum absolute atomic E-state index is 13.0. The third-order valence-electron chi connectivity index (χ3n) is 16.3. The number of phosphoric acid groups is 2. The van der Waals surface area contributed by atoms with Crippen LogP contribution in [0.2, 0.25) is 0 Å². The molecule has 88 heavy (non-hydrogen) atoms. The Morgan fingerprint density at radius 3 is 0.864 bits per heavy atom. The fourth-order valence-corrected chi connectivity index (χ4v) is 12.0. The molecule has 0 amide bonds. The summed E-state index contributed by atoms with van der Waals surface area (Å²) < 4.78 is 68.0. The van der Waals surface area contributed by atoms with E-state index in [2.05, 4.69) is 41.5 Å². The van der Waals surface area contributed by atoms with E-state index in [0.717, 1.165) is 108 Å². The average Bonchev–Trinajstić information content (AvgIpc) is 3.53. The molecule has 17 nitrogen and oxygen atoms in total. The summed E-state index contributed by atoms with van der Waals surface area (Å²) in [4.78, 5) is 72.1. The van der Waals surface area contributed by atoms with Crippen molar-refractivity contribution < 1.29 is 80.2 Å². The minimum atomic E-state index is -4.95. The monoisotopic (exact) mass is 1300 g/mol. The molecule has 0 spiro atoms. The van der Waals surface area contributed by atoms with Crippen molar-refractivity contribution in [1.29, 1.82) is 0 Å². The summed E-state index contributed by atoms with van der Waals surface area (Å²) in [7, 11) is -9.89. The maximum atomic E-state index is 13.0. The van der Waals surface area contributed by atoms with Gasteiger partial charge >= 0.3 is 39.5 Å². The van der Waals surface area contributed by atoms with Gasteiger partial charge in [0.25, 0.3) is 0 Å². The van der Waals surface area contributed by atoms with Crippen LogP contribution in [0.5, 0.6) is 0 Å². The number of esters is 4. The molecular formula is C69H134O17P2. The Bertz CT molecular complexity index is 1720. The predicted octanol–water partition coefficient (Wildman–Crippen LogP) is 19.6. The van der Waals surface area contributed by atoms with Gasteiger partial charge in [0, 0.05) is 25.7 Å². The van der Waals surface area contributed by atoms with Gasteiger partial charge in [0.1, 0.15) is 19.3 Å². The highest BCUT2D eigenvalue weighted by Gasteiger charge is 2.30. The van der Waals surface area contributed by atoms with Gasteiger partial charge in [-0.2, -0.15) is 0 Å². The van der Waals surface area contributed by atoms with Crippen LogP contribution in [0.15, 0.2) is 0 Å². The van der Waals surface area contributed by atoms with Crippen LogP contribution in [0.4, 0.5) is 0 Å². The lowest BCUT2D eigenvalue weighted by Crippen LogP contribution is -2.30. The largest absolute Gasteiger partial charge is 0.472 e. The van der Waals surface area contributed by atoms with E-state index in [-0.39, 0.29) is 25.7 Å². The van der Waals surface area contributed by atoms with Crippen LogP contribution in [0.3, 0.4) is 0 Å². The zero-order chi connectivity index (χ0) is 65.0. The number of aliphatic hydroxyl groups excluding tert-OH is 1. The van der Waals surface area contributed by atoms with Crippen molar-refractivity contribution in [2.45, 2.75) is 368 Å². The molecule has 0 saturated carbocycles. The predicted molar refractivity (Wildman–Crippen MR) is 354 cm³/mol. The molecule has 0 heterocycles. The molecule has 6 atom stereocenters. The number of carbonyl (C=O) groups excluding carboxylic acids is 4. The number of hydrogen-bond donors (Lipinski definition) is 3. The summed E-state index contributed by atoms with van der Waals surface area (Å²) in [5.41, 5.74) is 0. The van der Waals surface area contributed by atoms with Crippen molar-refractivity contribution in [2.24, 2.45) is 11.8 Å². The van der Waals surface area contributed by atoms with E-state index in [1.54, 1.807) is 0 Å². The molecule has 0 bridgehead atoms. The molecule has 3 N–H and O–H groups in total. The molecule has 0 fully saturated rings. The number of rotatable bonds is 68. The lowest BCUT2D eigenvalue weighted by atomic mass is 10.00. The molecular weight excluding hydrogens is 1160 g/mol. The van der Waals surface area contributed by atoms with Gasteiger partial charge in [-0.05, 0) is 37.5 Å². The quantitative estimate of drug-likeness (QED) is 0.0222. The maximum Gasteiger partial charge on any atom is 0.472 e. The molecule has 19 heteroatoms. The highest BCUT2D eigenvalue weighted by atomic mass is 31.2. The number of unbranched alkanes of at least 4 members (excludes halogenated alkanes) is 37. The summed E-state index contributed by atoms with van der Waals surface area (Å²) in [6.45, 7) is 9.43. The Labute approximate surface area is 537 Å². The smallest absolute Gasteiger partial charge is 0.462 e. The van der Waals surface area contributed by atoms with E-state index >= 15 is 0 Å². The van der Waals surface area contributed by atoms with Crippen LogP contribution in [0, 0.1) is 11.8 Å². The molecule has 522 valence electrons. The molecule has 0 aromatic heterocycles. The first-order valence-corrected chi connectivity index (χ1v) is 39.0. The highest BCUT2D eigenvalue weighted by Crippen LogP contribution is 2.45. The molecule has 0 saturated heterocycles. The van der Waals surface area contributed by atoms with E-state index < -0.39 is 97.5 Å². The van der Waals surface area contributed by atoms with E-state index in [0.29, 0.717) is 25.7 Å². The molecule has 0 rings (SSSR count). The first-order valence-electron chi connectivity index (χ1n) is 36.0. The number of phosphoric ester groups is 2. The first-order chi connectivity index (χ1) is 42.4. The minimum absolute atomic E-state index is 0.102. The van der Waals surface area contributed by atoms with Gasteiger partial charge < -0.3 is 33.8 Å². The first kappa shape index (κ1) is 86.1. The topological polar surface area (TPSA) is 237 Å². The van der Waals surface area contributed by atoms with E-state index in [4.69, 9.17) is 37.0 Å². The van der Waals surface area contributed by atoms with Crippen molar-refractivity contribution in [2.75, 3.05) is 39.6 Å². The second-order valence-corrected chi connectivity index (χ2v) is 28.5. The molecule has 0 aromatic carbocycles. The van der Waals surface area contributed by atoms with Crippen molar-refractivity contribution >= 4 is 39.5 Å². The SMILES string of the molecule is CCCCCCCCCCCCCCC(=O)OC[C@H](COP(=O)(O)OC[C@@H](O)COP(=O)(O)OC[C@@H](COC(=O)CCCCCCC)OC(=O)CCCCCCCCC(C)CC)OC(=O)CCCCCCCCCCCCCCCCCCCCC(C)C. The molecule has 0 aliphatic carbocycles. The molecule has 0 aromatic rings. The number of hydrogen-bond acceptors (Lipinski definition) is 15. The van der Waals surface area contributed by atoms with Gasteiger partial charge in [-0.15, -0.1) is 0 Å². The normalized spacial score (nSPS) is 14.5. The van der Waals surface area contributed by atoms with Gasteiger partial charge in [0.2, 0.25) is 0 Å². The summed E-state index contributed by atoms with van der Waals surface area (Å²) in [5, 5.41) is 10.5. The fourth-order valence-electron chi connectivity index (χ4n) is 10.4. The van der Waals surface area contributed by atoms with Gasteiger partial charge in [0.15, 0.2) is 12.2 Å². The fraction of sp³-hybridized carbons (Fsp3) is 0.942. The Hall–Kier alpha value is -1.94. The van der Waals surface area contributed by atoms with Crippen molar-refractivity contribution in [3.8, 4) is 0 Å². The van der Waals surface area contributed by atoms with Crippen LogP contribution in [-0.2, 0) is 65.4 Å². The van der Waals surface area contributed by atoms with Crippen molar-refractivity contribution in [3.05, 3.63) is 0 Å². The molecule has 0 aliphatic rings. The lowest BCUT2D eigenvalue weighted by Gasteiger charge is -2.21. The third kappa shape index (κ3) is 61.6. The zero-order valence-corrected chi connectivity index (χ0v) is 58.8. The molecule has 0 radical (unpaired) electrons. The van der Waals surface area contributed by atoms with Crippen LogP contribution in [0.25, 0.3) is 0 Å². The number of ether oxygens (including phenoxy) is 4. The number of carbonyl (C=O) groups is 4. The number of aliphatic hydroxyl groups is 1. The summed E-state index contributed by atoms with van der Waals surface area (Å²) in [6, 6.07) is 0. The standard InChI is InChI=1S/C69H134O17P2/c1-7-10-12-14-15-16-17-27-30-33-40-46-52-67(72)80-58-65(85-68(73)53-47-41-34-31-28-25-23-21-19-18-20-22-24-26-29-32-38-43-49-61(4)5)60-84-88(77,78)82-56-63(70)55-81-87(75,76)83-59-64(57-79-66(71)51-45-37-13-11-8-2)86-69(74)54-48-42-36-35-39-44-50-62(6)9-3/h61-65,70H,7-60H2,1-6H3,(H,75,76)(H,77,78)/t62?,63-,64+,65+/m0/s1. The van der Waals surface area contributed by atoms with Crippen molar-refractivity contribution in [1.82, 2.24) is 0 Å². The highest BCUT2D eigenvalue weighted by molar-refractivity contribution is 7.47. The van der Waals surface area contributed by atoms with Crippen LogP contribution < -0.4 is 0 Å². The van der Waals surface area contributed by atoms with Crippen molar-refractivity contribution in [3.63, 3.8) is 0 Å². The summed E-state index contributed by atoms with van der Waals surface area (Å²) in [6.07, 6.45) is 46.4. The average molecular weight is 1300 g/mol. The van der Waals surface area contributed by atoms with Gasteiger partial charge in [-0.25, -0.2) is 9.13 Å². The van der Waals surface area contributed by atoms with Gasteiger partial charge in [0.05, 0.1) is 26.4 Å². The Morgan fingerprint density at radius 1 is 0.330 bits per heavy atom. The Morgan fingerprint density at radius 2 is 0.580 bits per heavy atom. The Balaban J connectivity index is 5.10. The summed E-state index contributed by atoms with van der Waals surface area (Å²) in [5.74, 6) is -0.599. The van der Waals surface area contributed by atoms with Crippen LogP contribution in [0.1, 0.15) is 350 Å². The summed E-state index contributed by atoms with van der Waals surface area (Å²) >= 11 is 0. The van der Waals surface area contributed by atoms with Gasteiger partial charge in [-0.3, -0.25) is 37.3 Å². The second-order valence-electron chi connectivity index (χ2n) is 25.6. The minimum Gasteiger partial charge on any atom is -0.462 e. The molecule has 3 unspecified atom stereocenters. The van der Waals surface area contributed by atoms with E-state index in [1.165, 1.54) is 161 Å². The third-order valence-corrected chi connectivity index (χ3v) is 18.2. The van der Waals surface area contributed by atoms with E-state index in [1.807, 2.05) is 0 Å².